The molecule has 1 aromatic rings. The molecule has 1 N–H and O–H groups in total. The zero-order valence-corrected chi connectivity index (χ0v) is 9.63. The quantitative estimate of drug-likeness (QED) is 0.698. The molecule has 15 heavy (non-hydrogen) atoms. The number of aromatic nitrogens is 1. The normalized spacial score (nSPS) is 21.4. The predicted molar refractivity (Wildman–Crippen MR) is 65.0 cm³/mol. The molecule has 2 rings (SSSR count). The number of aromatic amines is 1. The molecular weight excluding hydrogens is 182 g/mol. The van der Waals surface area contributed by atoms with E-state index in [0.29, 0.717) is 5.92 Å². The van der Waals surface area contributed by atoms with Crippen molar-refractivity contribution >= 4 is 0 Å². The van der Waals surface area contributed by atoms with Gasteiger partial charge in [0, 0.05) is 17.8 Å². The molecule has 1 heteroatoms. The fraction of sp³-hybridized carbons (Fsp3) is 0.571. The highest BCUT2D eigenvalue weighted by atomic mass is 14.7. The van der Waals surface area contributed by atoms with Crippen LogP contribution in [0.15, 0.2) is 30.0 Å². The molecule has 1 aliphatic carbocycles. The van der Waals surface area contributed by atoms with Gasteiger partial charge in [-0.15, -0.1) is 0 Å². The molecule has 0 saturated carbocycles. The highest BCUT2D eigenvalue weighted by Crippen LogP contribution is 2.31. The van der Waals surface area contributed by atoms with Gasteiger partial charge in [0.25, 0.3) is 0 Å². The second-order valence-corrected chi connectivity index (χ2v) is 4.55. The second-order valence-electron chi connectivity index (χ2n) is 4.55. The third-order valence-electron chi connectivity index (χ3n) is 3.32. The van der Waals surface area contributed by atoms with E-state index in [9.17, 15) is 0 Å². The standard InChI is InChI=1S/C14H21N/c1-2-3-6-12-7-4-8-13(11-12)14-9-5-10-15-14/h5,9-11,13,15H,2-4,6-8H2,1H3. The number of hydrogen-bond donors (Lipinski definition) is 1. The summed E-state index contributed by atoms with van der Waals surface area (Å²) in [4.78, 5) is 3.34. The van der Waals surface area contributed by atoms with Crippen LogP contribution in [0.25, 0.3) is 0 Å². The number of H-pyrrole nitrogens is 1. The van der Waals surface area contributed by atoms with Gasteiger partial charge in [0.15, 0.2) is 0 Å². The van der Waals surface area contributed by atoms with Gasteiger partial charge in [-0.3, -0.25) is 0 Å². The number of unbranched alkanes of at least 4 members (excludes halogenated alkanes) is 1. The Kier molecular flexibility index (Phi) is 3.65. The molecule has 0 saturated heterocycles. The topological polar surface area (TPSA) is 15.8 Å². The first-order valence-electron chi connectivity index (χ1n) is 6.23. The fourth-order valence-electron chi connectivity index (χ4n) is 2.43. The zero-order valence-electron chi connectivity index (χ0n) is 9.63. The Morgan fingerprint density at radius 2 is 2.40 bits per heavy atom. The maximum absolute atomic E-state index is 3.34. The third-order valence-corrected chi connectivity index (χ3v) is 3.32. The van der Waals surface area contributed by atoms with Crippen LogP contribution >= 0.6 is 0 Å². The second kappa shape index (κ2) is 5.20. The summed E-state index contributed by atoms with van der Waals surface area (Å²) in [6.07, 6.45) is 12.5. The molecule has 1 aromatic heterocycles. The minimum absolute atomic E-state index is 0.653. The fourth-order valence-corrected chi connectivity index (χ4v) is 2.43. The highest BCUT2D eigenvalue weighted by Gasteiger charge is 2.15. The first-order valence-corrected chi connectivity index (χ1v) is 6.23. The molecule has 0 aliphatic heterocycles. The van der Waals surface area contributed by atoms with Crippen LogP contribution in [0, 0.1) is 0 Å². The maximum Gasteiger partial charge on any atom is 0.0217 e. The molecule has 1 unspecified atom stereocenters. The van der Waals surface area contributed by atoms with Crippen molar-refractivity contribution < 1.29 is 0 Å². The first-order chi connectivity index (χ1) is 7.40. The van der Waals surface area contributed by atoms with E-state index in [1.54, 1.807) is 5.57 Å². The van der Waals surface area contributed by atoms with Crippen LogP contribution < -0.4 is 0 Å². The van der Waals surface area contributed by atoms with E-state index in [4.69, 9.17) is 0 Å². The summed E-state index contributed by atoms with van der Waals surface area (Å²) in [5.74, 6) is 0.653. The minimum Gasteiger partial charge on any atom is -0.365 e. The van der Waals surface area contributed by atoms with Gasteiger partial charge in [-0.05, 0) is 44.2 Å². The van der Waals surface area contributed by atoms with Crippen LogP contribution in [-0.4, -0.2) is 4.98 Å². The van der Waals surface area contributed by atoms with Crippen LogP contribution in [-0.2, 0) is 0 Å². The largest absolute Gasteiger partial charge is 0.365 e. The summed E-state index contributed by atoms with van der Waals surface area (Å²) in [6, 6.07) is 4.31. The molecule has 1 nitrogen and oxygen atoms in total. The molecule has 1 aliphatic rings. The van der Waals surface area contributed by atoms with E-state index in [2.05, 4.69) is 30.1 Å². The SMILES string of the molecule is CCCCC1=CC(c2ccc[nH]2)CCC1. The van der Waals surface area contributed by atoms with Crippen LogP contribution in [0.1, 0.15) is 57.1 Å². The van der Waals surface area contributed by atoms with Crippen LogP contribution in [0.2, 0.25) is 0 Å². The average molecular weight is 203 g/mol. The average Bonchev–Trinajstić information content (AvgIpc) is 2.80. The minimum atomic E-state index is 0.653. The van der Waals surface area contributed by atoms with E-state index in [1.807, 2.05) is 6.20 Å². The Morgan fingerprint density at radius 1 is 1.47 bits per heavy atom. The number of rotatable bonds is 4. The number of hydrogen-bond acceptors (Lipinski definition) is 0. The van der Waals surface area contributed by atoms with Crippen molar-refractivity contribution in [2.24, 2.45) is 0 Å². The lowest BCUT2D eigenvalue weighted by molar-refractivity contribution is 0.599. The van der Waals surface area contributed by atoms with Crippen molar-refractivity contribution in [2.45, 2.75) is 51.4 Å². The van der Waals surface area contributed by atoms with Crippen molar-refractivity contribution in [3.63, 3.8) is 0 Å². The molecule has 0 bridgehead atoms. The molecule has 0 amide bonds. The molecule has 0 aromatic carbocycles. The Balaban J connectivity index is 2.01. The number of allylic oxidation sites excluding steroid dienone is 2. The van der Waals surface area contributed by atoms with Crippen molar-refractivity contribution in [1.82, 2.24) is 4.98 Å². The molecule has 0 radical (unpaired) electrons. The Labute approximate surface area is 92.6 Å². The van der Waals surface area contributed by atoms with E-state index in [-0.39, 0.29) is 0 Å². The summed E-state index contributed by atoms with van der Waals surface area (Å²) >= 11 is 0. The van der Waals surface area contributed by atoms with Crippen LogP contribution in [0.4, 0.5) is 0 Å². The summed E-state index contributed by atoms with van der Waals surface area (Å²) in [6.45, 7) is 2.27. The maximum atomic E-state index is 3.34. The predicted octanol–water partition coefficient (Wildman–Crippen LogP) is 4.40. The van der Waals surface area contributed by atoms with Gasteiger partial charge < -0.3 is 4.98 Å². The van der Waals surface area contributed by atoms with Gasteiger partial charge in [0.1, 0.15) is 0 Å². The summed E-state index contributed by atoms with van der Waals surface area (Å²) in [5, 5.41) is 0. The van der Waals surface area contributed by atoms with E-state index >= 15 is 0 Å². The molecule has 0 spiro atoms. The Bertz CT molecular complexity index is 308. The van der Waals surface area contributed by atoms with Crippen LogP contribution in [0.3, 0.4) is 0 Å². The van der Waals surface area contributed by atoms with Crippen molar-refractivity contribution in [1.29, 1.82) is 0 Å². The van der Waals surface area contributed by atoms with Crippen molar-refractivity contribution in [3.05, 3.63) is 35.7 Å². The van der Waals surface area contributed by atoms with Gasteiger partial charge in [0.2, 0.25) is 0 Å². The molecular formula is C14H21N. The summed E-state index contributed by atoms with van der Waals surface area (Å²) in [7, 11) is 0. The first kappa shape index (κ1) is 10.5. The third kappa shape index (κ3) is 2.74. The smallest absolute Gasteiger partial charge is 0.0217 e. The molecule has 0 fully saturated rings. The van der Waals surface area contributed by atoms with Crippen molar-refractivity contribution in [2.75, 3.05) is 0 Å². The van der Waals surface area contributed by atoms with Gasteiger partial charge >= 0.3 is 0 Å². The van der Waals surface area contributed by atoms with Crippen LogP contribution in [0.5, 0.6) is 0 Å². The summed E-state index contributed by atoms with van der Waals surface area (Å²) < 4.78 is 0. The molecule has 82 valence electrons. The molecule has 1 atom stereocenters. The van der Waals surface area contributed by atoms with E-state index in [1.165, 1.54) is 44.2 Å². The lowest BCUT2D eigenvalue weighted by Gasteiger charge is -2.20. The van der Waals surface area contributed by atoms with Gasteiger partial charge in [-0.25, -0.2) is 0 Å². The van der Waals surface area contributed by atoms with E-state index < -0.39 is 0 Å². The monoisotopic (exact) mass is 203 g/mol. The highest BCUT2D eigenvalue weighted by molar-refractivity contribution is 5.21. The Hall–Kier alpha value is -0.980. The number of nitrogens with one attached hydrogen (secondary N) is 1. The molecule has 1 heterocycles. The lowest BCUT2D eigenvalue weighted by Crippen LogP contribution is -2.03. The van der Waals surface area contributed by atoms with Gasteiger partial charge in [0.05, 0.1) is 0 Å². The summed E-state index contributed by atoms with van der Waals surface area (Å²) in [5.41, 5.74) is 3.08. The lowest BCUT2D eigenvalue weighted by atomic mass is 9.86. The Morgan fingerprint density at radius 3 is 3.13 bits per heavy atom. The van der Waals surface area contributed by atoms with E-state index in [0.717, 1.165) is 0 Å². The zero-order chi connectivity index (χ0) is 10.5. The van der Waals surface area contributed by atoms with Gasteiger partial charge in [-0.1, -0.05) is 25.0 Å². The van der Waals surface area contributed by atoms with Crippen molar-refractivity contribution in [3.8, 4) is 0 Å². The van der Waals surface area contributed by atoms with Gasteiger partial charge in [-0.2, -0.15) is 0 Å².